The number of anilines is 1. The van der Waals surface area contributed by atoms with Gasteiger partial charge in [-0.3, -0.25) is 0 Å². The van der Waals surface area contributed by atoms with Crippen LogP contribution >= 0.6 is 24.0 Å². The van der Waals surface area contributed by atoms with E-state index in [0.717, 1.165) is 35.8 Å². The number of hydrogen-bond donors (Lipinski definition) is 2. The number of aliphatic imine (C=N–C) groups is 1. The van der Waals surface area contributed by atoms with Crippen molar-refractivity contribution in [3.63, 3.8) is 0 Å². The van der Waals surface area contributed by atoms with Gasteiger partial charge in [-0.1, -0.05) is 23.4 Å². The quantitative estimate of drug-likeness (QED) is 0.182. The van der Waals surface area contributed by atoms with Gasteiger partial charge in [-0.2, -0.15) is 4.98 Å². The second kappa shape index (κ2) is 12.9. The van der Waals surface area contributed by atoms with E-state index >= 15 is 0 Å². The number of hydrogen-bond acceptors (Lipinski definition) is 7. The molecule has 1 aliphatic heterocycles. The summed E-state index contributed by atoms with van der Waals surface area (Å²) in [6.07, 6.45) is 1.66. The molecule has 0 aliphatic carbocycles. The summed E-state index contributed by atoms with van der Waals surface area (Å²) in [5.41, 5.74) is 0.836. The maximum atomic E-state index is 5.78. The lowest BCUT2D eigenvalue weighted by Crippen LogP contribution is -2.32. The highest BCUT2D eigenvalue weighted by Crippen LogP contribution is 2.32. The highest BCUT2D eigenvalue weighted by Gasteiger charge is 2.12. The second-order valence-electron chi connectivity index (χ2n) is 7.18. The average molecular weight is 565 g/mol. The normalized spacial score (nSPS) is 12.9. The molecule has 0 saturated heterocycles. The van der Waals surface area contributed by atoms with Crippen LogP contribution in [0.5, 0.6) is 17.2 Å². The zero-order valence-electron chi connectivity index (χ0n) is 18.5. The molecule has 0 fully saturated rings. The van der Waals surface area contributed by atoms with Crippen LogP contribution in [0, 0.1) is 6.92 Å². The van der Waals surface area contributed by atoms with Gasteiger partial charge in [0.1, 0.15) is 12.3 Å². The molecule has 33 heavy (non-hydrogen) atoms. The third kappa shape index (κ3) is 7.81. The van der Waals surface area contributed by atoms with Crippen LogP contribution in [0.25, 0.3) is 0 Å². The van der Waals surface area contributed by atoms with Gasteiger partial charge >= 0.3 is 0 Å². The lowest BCUT2D eigenvalue weighted by atomic mass is 10.2. The van der Waals surface area contributed by atoms with E-state index in [1.807, 2.05) is 48.5 Å². The summed E-state index contributed by atoms with van der Waals surface area (Å²) in [5.74, 6) is 3.95. The van der Waals surface area contributed by atoms with Gasteiger partial charge in [0.15, 0.2) is 23.3 Å². The Morgan fingerprint density at radius 3 is 2.70 bits per heavy atom. The molecule has 4 rings (SSSR count). The number of nitrogens with zero attached hydrogens (tertiary/aromatic N) is 3. The third-order valence-corrected chi connectivity index (χ3v) is 4.58. The van der Waals surface area contributed by atoms with Gasteiger partial charge in [0, 0.05) is 24.7 Å². The van der Waals surface area contributed by atoms with Crippen LogP contribution in [-0.4, -0.2) is 42.5 Å². The van der Waals surface area contributed by atoms with Crippen molar-refractivity contribution in [1.29, 1.82) is 0 Å². The number of nitrogens with one attached hydrogen (secondary N) is 2. The predicted octanol–water partition coefficient (Wildman–Crippen LogP) is 4.18. The van der Waals surface area contributed by atoms with Crippen LogP contribution in [0.4, 0.5) is 5.69 Å². The molecule has 0 saturated carbocycles. The van der Waals surface area contributed by atoms with E-state index < -0.39 is 0 Å². The SMILES string of the molecule is Cc1noc(CN=C(NCCCOc2ccccc2)Nc2ccc3c(c2)OCCCO3)n1.I. The van der Waals surface area contributed by atoms with Crippen molar-refractivity contribution < 1.29 is 18.7 Å². The average Bonchev–Trinajstić information content (AvgIpc) is 3.09. The Balaban J connectivity index is 0.00000306. The monoisotopic (exact) mass is 565 g/mol. The summed E-state index contributed by atoms with van der Waals surface area (Å²) in [4.78, 5) is 8.78. The van der Waals surface area contributed by atoms with E-state index in [9.17, 15) is 0 Å². The van der Waals surface area contributed by atoms with Gasteiger partial charge in [-0.25, -0.2) is 4.99 Å². The summed E-state index contributed by atoms with van der Waals surface area (Å²) in [7, 11) is 0. The Kier molecular flexibility index (Phi) is 9.60. The van der Waals surface area contributed by atoms with Crippen molar-refractivity contribution in [2.75, 3.05) is 31.7 Å². The summed E-state index contributed by atoms with van der Waals surface area (Å²) in [6.45, 7) is 4.60. The first-order valence-electron chi connectivity index (χ1n) is 10.7. The molecule has 0 spiro atoms. The molecule has 0 amide bonds. The van der Waals surface area contributed by atoms with Gasteiger partial charge in [0.25, 0.3) is 0 Å². The topological polar surface area (TPSA) is 103 Å². The number of aryl methyl sites for hydroxylation is 1. The molecule has 2 heterocycles. The Bertz CT molecular complexity index is 1030. The number of rotatable bonds is 8. The fraction of sp³-hybridized carbons (Fsp3) is 0.348. The van der Waals surface area contributed by atoms with Gasteiger partial charge in [-0.15, -0.1) is 24.0 Å². The number of aromatic nitrogens is 2. The Morgan fingerprint density at radius 2 is 1.91 bits per heavy atom. The number of guanidine groups is 1. The molecule has 0 atom stereocenters. The molecule has 0 bridgehead atoms. The molecule has 9 nitrogen and oxygen atoms in total. The molecule has 1 aliphatic rings. The Labute approximate surface area is 209 Å². The first kappa shape index (κ1) is 24.6. The van der Waals surface area contributed by atoms with Crippen LogP contribution in [-0.2, 0) is 6.54 Å². The van der Waals surface area contributed by atoms with Gasteiger partial charge in [0.05, 0.1) is 19.8 Å². The molecule has 2 N–H and O–H groups in total. The van der Waals surface area contributed by atoms with Crippen LogP contribution in [0.2, 0.25) is 0 Å². The maximum absolute atomic E-state index is 5.78. The molecular formula is C23H28IN5O4. The molecule has 1 aromatic heterocycles. The van der Waals surface area contributed by atoms with E-state index in [2.05, 4.69) is 25.8 Å². The lowest BCUT2D eigenvalue weighted by Gasteiger charge is -2.14. The lowest BCUT2D eigenvalue weighted by molar-refractivity contribution is 0.297. The minimum absolute atomic E-state index is 0. The molecular weight excluding hydrogens is 537 g/mol. The summed E-state index contributed by atoms with van der Waals surface area (Å²) < 4.78 is 22.4. The number of halogens is 1. The van der Waals surface area contributed by atoms with Crippen molar-refractivity contribution >= 4 is 35.6 Å². The van der Waals surface area contributed by atoms with Crippen molar-refractivity contribution in [2.24, 2.45) is 4.99 Å². The van der Waals surface area contributed by atoms with Crippen molar-refractivity contribution in [3.8, 4) is 17.2 Å². The molecule has 10 heteroatoms. The van der Waals surface area contributed by atoms with E-state index in [1.54, 1.807) is 6.92 Å². The fourth-order valence-electron chi connectivity index (χ4n) is 3.05. The number of benzene rings is 2. The van der Waals surface area contributed by atoms with E-state index in [-0.39, 0.29) is 30.5 Å². The van der Waals surface area contributed by atoms with Crippen LogP contribution in [0.1, 0.15) is 24.6 Å². The minimum Gasteiger partial charge on any atom is -0.494 e. The molecule has 176 valence electrons. The number of ether oxygens (including phenoxy) is 3. The summed E-state index contributed by atoms with van der Waals surface area (Å²) in [5, 5.41) is 10.4. The molecule has 0 radical (unpaired) electrons. The van der Waals surface area contributed by atoms with Crippen molar-refractivity contribution in [2.45, 2.75) is 26.3 Å². The van der Waals surface area contributed by atoms with Crippen LogP contribution in [0.3, 0.4) is 0 Å². The van der Waals surface area contributed by atoms with Gasteiger partial charge < -0.3 is 29.4 Å². The van der Waals surface area contributed by atoms with E-state index in [0.29, 0.717) is 44.0 Å². The first-order chi connectivity index (χ1) is 15.8. The van der Waals surface area contributed by atoms with Crippen LogP contribution in [0.15, 0.2) is 58.0 Å². The summed E-state index contributed by atoms with van der Waals surface area (Å²) in [6, 6.07) is 15.5. The highest BCUT2D eigenvalue weighted by molar-refractivity contribution is 14.0. The first-order valence-corrected chi connectivity index (χ1v) is 10.7. The molecule has 3 aromatic rings. The van der Waals surface area contributed by atoms with E-state index in [1.165, 1.54) is 0 Å². The van der Waals surface area contributed by atoms with Crippen LogP contribution < -0.4 is 24.8 Å². The van der Waals surface area contributed by atoms with E-state index in [4.69, 9.17) is 18.7 Å². The Hall–Kier alpha value is -3.02. The maximum Gasteiger partial charge on any atom is 0.248 e. The number of para-hydroxylation sites is 1. The molecule has 2 aromatic carbocycles. The smallest absolute Gasteiger partial charge is 0.248 e. The zero-order chi connectivity index (χ0) is 22.0. The minimum atomic E-state index is 0. The fourth-order valence-corrected chi connectivity index (χ4v) is 3.05. The number of fused-ring (bicyclic) bond motifs is 1. The second-order valence-corrected chi connectivity index (χ2v) is 7.18. The zero-order valence-corrected chi connectivity index (χ0v) is 20.8. The van der Waals surface area contributed by atoms with Crippen molar-refractivity contribution in [3.05, 3.63) is 60.2 Å². The van der Waals surface area contributed by atoms with Gasteiger partial charge in [0.2, 0.25) is 5.89 Å². The Morgan fingerprint density at radius 1 is 1.09 bits per heavy atom. The van der Waals surface area contributed by atoms with Gasteiger partial charge in [-0.05, 0) is 37.6 Å². The third-order valence-electron chi connectivity index (χ3n) is 4.58. The largest absolute Gasteiger partial charge is 0.494 e. The summed E-state index contributed by atoms with van der Waals surface area (Å²) >= 11 is 0. The standard InChI is InChI=1S/C23H27N5O4.HI/c1-17-26-22(32-28-17)16-25-23(24-11-5-12-29-19-7-3-2-4-8-19)27-18-9-10-20-21(15-18)31-14-6-13-30-20;/h2-4,7-10,15H,5-6,11-14,16H2,1H3,(H2,24,25,27);1H. The predicted molar refractivity (Wildman–Crippen MR) is 136 cm³/mol. The molecule has 0 unspecified atom stereocenters. The van der Waals surface area contributed by atoms with Crippen molar-refractivity contribution in [1.82, 2.24) is 15.5 Å². The highest BCUT2D eigenvalue weighted by atomic mass is 127.